The lowest BCUT2D eigenvalue weighted by atomic mass is 10.2. The van der Waals surface area contributed by atoms with Gasteiger partial charge in [-0.05, 0) is 18.6 Å². The van der Waals surface area contributed by atoms with Gasteiger partial charge < -0.3 is 4.90 Å². The highest BCUT2D eigenvalue weighted by Crippen LogP contribution is 2.23. The number of aromatic nitrogens is 3. The van der Waals surface area contributed by atoms with Crippen molar-refractivity contribution < 1.29 is 4.79 Å². The first kappa shape index (κ1) is 19.2. The lowest BCUT2D eigenvalue weighted by Gasteiger charge is -2.21. The maximum Gasteiger partial charge on any atom is 0.261 e. The van der Waals surface area contributed by atoms with E-state index in [2.05, 4.69) is 6.92 Å². The Kier molecular flexibility index (Phi) is 5.65. The van der Waals surface area contributed by atoms with E-state index < -0.39 is 0 Å². The van der Waals surface area contributed by atoms with E-state index in [0.717, 1.165) is 24.8 Å². The lowest BCUT2D eigenvalue weighted by Crippen LogP contribution is -2.30. The molecule has 3 aromatic rings. The van der Waals surface area contributed by atoms with Crippen LogP contribution in [-0.4, -0.2) is 26.9 Å². The maximum atomic E-state index is 12.7. The van der Waals surface area contributed by atoms with Gasteiger partial charge in [0.1, 0.15) is 5.82 Å². The number of anilines is 1. The number of amides is 1. The highest BCUT2D eigenvalue weighted by Gasteiger charge is 2.17. The van der Waals surface area contributed by atoms with Crippen molar-refractivity contribution in [3.63, 3.8) is 0 Å². The van der Waals surface area contributed by atoms with E-state index in [1.54, 1.807) is 25.4 Å². The van der Waals surface area contributed by atoms with Crippen LogP contribution < -0.4 is 10.5 Å². The van der Waals surface area contributed by atoms with Crippen LogP contribution in [0.1, 0.15) is 33.1 Å². The first-order valence-corrected chi connectivity index (χ1v) is 9.43. The van der Waals surface area contributed by atoms with Crippen LogP contribution in [0.25, 0.3) is 17.0 Å². The van der Waals surface area contributed by atoms with Gasteiger partial charge in [0, 0.05) is 43.4 Å². The standard InChI is InChI=1S/C20H23ClN4O2/c1-4-5-6-11-24-18(23(3)14(2)26)12-19(27)25-13-17(22-20(24)25)15-7-9-16(21)10-8-15/h7-10,12-13H,4-6,11H2,1-3H3. The molecule has 1 aromatic carbocycles. The van der Waals surface area contributed by atoms with Gasteiger partial charge in [0.2, 0.25) is 11.7 Å². The predicted molar refractivity (Wildman–Crippen MR) is 109 cm³/mol. The van der Waals surface area contributed by atoms with Crippen molar-refractivity contribution in [3.05, 3.63) is 51.9 Å². The van der Waals surface area contributed by atoms with Gasteiger partial charge in [-0.3, -0.25) is 18.6 Å². The minimum Gasteiger partial charge on any atom is -0.301 e. The number of aryl methyl sites for hydroxylation is 1. The summed E-state index contributed by atoms with van der Waals surface area (Å²) in [6.07, 6.45) is 4.82. The van der Waals surface area contributed by atoms with Crippen molar-refractivity contribution >= 4 is 29.1 Å². The molecule has 0 aliphatic heterocycles. The third kappa shape index (κ3) is 3.90. The highest BCUT2D eigenvalue weighted by molar-refractivity contribution is 6.30. The molecule has 0 N–H and O–H groups in total. The highest BCUT2D eigenvalue weighted by atomic mass is 35.5. The van der Waals surface area contributed by atoms with Gasteiger partial charge in [0.05, 0.1) is 5.69 Å². The largest absolute Gasteiger partial charge is 0.301 e. The fourth-order valence-corrected chi connectivity index (χ4v) is 3.14. The van der Waals surface area contributed by atoms with Crippen molar-refractivity contribution in [2.75, 3.05) is 11.9 Å². The maximum absolute atomic E-state index is 12.7. The summed E-state index contributed by atoms with van der Waals surface area (Å²) in [6.45, 7) is 4.30. The van der Waals surface area contributed by atoms with Crippen LogP contribution in [-0.2, 0) is 11.3 Å². The molecule has 0 bridgehead atoms. The summed E-state index contributed by atoms with van der Waals surface area (Å²) in [7, 11) is 1.67. The van der Waals surface area contributed by atoms with E-state index in [1.807, 2.05) is 16.7 Å². The zero-order chi connectivity index (χ0) is 19.6. The smallest absolute Gasteiger partial charge is 0.261 e. The summed E-state index contributed by atoms with van der Waals surface area (Å²) < 4.78 is 3.48. The van der Waals surface area contributed by atoms with E-state index in [0.29, 0.717) is 28.9 Å². The second-order valence-corrected chi connectivity index (χ2v) is 7.02. The first-order valence-electron chi connectivity index (χ1n) is 9.05. The Balaban J connectivity index is 2.18. The summed E-state index contributed by atoms with van der Waals surface area (Å²) in [5.74, 6) is 0.962. The summed E-state index contributed by atoms with van der Waals surface area (Å²) >= 11 is 5.97. The number of carbonyl (C=O) groups is 1. The van der Waals surface area contributed by atoms with Crippen LogP contribution in [0.3, 0.4) is 0 Å². The molecule has 2 aromatic heterocycles. The Labute approximate surface area is 163 Å². The minimum atomic E-state index is -0.215. The monoisotopic (exact) mass is 386 g/mol. The van der Waals surface area contributed by atoms with E-state index in [-0.39, 0.29) is 11.5 Å². The molecule has 0 atom stereocenters. The summed E-state index contributed by atoms with van der Waals surface area (Å²) in [4.78, 5) is 30.8. The number of carbonyl (C=O) groups excluding carboxylic acids is 1. The molecule has 7 heteroatoms. The molecule has 3 rings (SSSR count). The van der Waals surface area contributed by atoms with Crippen LogP contribution in [0.4, 0.5) is 5.82 Å². The zero-order valence-corrected chi connectivity index (χ0v) is 16.5. The number of halogens is 1. The zero-order valence-electron chi connectivity index (χ0n) is 15.8. The van der Waals surface area contributed by atoms with E-state index in [1.165, 1.54) is 22.3 Å². The Morgan fingerprint density at radius 3 is 2.56 bits per heavy atom. The van der Waals surface area contributed by atoms with Gasteiger partial charge in [-0.2, -0.15) is 0 Å². The number of hydrogen-bond donors (Lipinski definition) is 0. The normalized spacial score (nSPS) is 11.1. The van der Waals surface area contributed by atoms with Gasteiger partial charge in [0.25, 0.3) is 5.56 Å². The van der Waals surface area contributed by atoms with Crippen molar-refractivity contribution in [1.29, 1.82) is 0 Å². The molecule has 27 heavy (non-hydrogen) atoms. The molecule has 0 spiro atoms. The number of unbranched alkanes of at least 4 members (excludes halogenated alkanes) is 2. The van der Waals surface area contributed by atoms with E-state index >= 15 is 0 Å². The molecule has 0 saturated heterocycles. The fraction of sp³-hybridized carbons (Fsp3) is 0.350. The minimum absolute atomic E-state index is 0.132. The molecule has 0 saturated carbocycles. The topological polar surface area (TPSA) is 59.6 Å². The summed E-state index contributed by atoms with van der Waals surface area (Å²) in [5.41, 5.74) is 1.35. The molecule has 2 heterocycles. The van der Waals surface area contributed by atoms with Gasteiger partial charge in [-0.1, -0.05) is 43.5 Å². The Morgan fingerprint density at radius 2 is 1.93 bits per heavy atom. The Bertz CT molecular complexity index is 1020. The second-order valence-electron chi connectivity index (χ2n) is 6.58. The quantitative estimate of drug-likeness (QED) is 0.602. The number of imidazole rings is 1. The van der Waals surface area contributed by atoms with Gasteiger partial charge in [-0.25, -0.2) is 4.98 Å². The van der Waals surface area contributed by atoms with Crippen molar-refractivity contribution in [2.45, 2.75) is 39.7 Å². The van der Waals surface area contributed by atoms with Crippen molar-refractivity contribution in [1.82, 2.24) is 14.0 Å². The number of benzene rings is 1. The van der Waals surface area contributed by atoms with Gasteiger partial charge >= 0.3 is 0 Å². The van der Waals surface area contributed by atoms with E-state index in [4.69, 9.17) is 16.6 Å². The van der Waals surface area contributed by atoms with Crippen LogP contribution >= 0.6 is 11.6 Å². The second kappa shape index (κ2) is 7.96. The number of fused-ring (bicyclic) bond motifs is 1. The molecular weight excluding hydrogens is 364 g/mol. The molecule has 0 aliphatic carbocycles. The summed E-state index contributed by atoms with van der Waals surface area (Å²) in [5, 5.41) is 0.645. The molecule has 0 unspecified atom stereocenters. The molecule has 0 aliphatic rings. The lowest BCUT2D eigenvalue weighted by molar-refractivity contribution is -0.116. The third-order valence-electron chi connectivity index (χ3n) is 4.64. The van der Waals surface area contributed by atoms with Gasteiger partial charge in [0.15, 0.2) is 0 Å². The first-order chi connectivity index (χ1) is 12.9. The average molecular weight is 387 g/mol. The van der Waals surface area contributed by atoms with E-state index in [9.17, 15) is 9.59 Å². The number of rotatable bonds is 6. The van der Waals surface area contributed by atoms with Crippen LogP contribution in [0, 0.1) is 0 Å². The van der Waals surface area contributed by atoms with Crippen molar-refractivity contribution in [3.8, 4) is 11.3 Å². The average Bonchev–Trinajstić information content (AvgIpc) is 3.09. The van der Waals surface area contributed by atoms with Crippen LogP contribution in [0.15, 0.2) is 41.3 Å². The molecule has 6 nitrogen and oxygen atoms in total. The number of hydrogen-bond acceptors (Lipinski definition) is 3. The number of nitrogens with zero attached hydrogens (tertiary/aromatic N) is 4. The SMILES string of the molecule is CCCCCn1c(N(C)C(C)=O)cc(=O)n2cc(-c3ccc(Cl)cc3)nc12. The van der Waals surface area contributed by atoms with Gasteiger partial charge in [-0.15, -0.1) is 0 Å². The molecular formula is C20H23ClN4O2. The Hall–Kier alpha value is -2.60. The molecule has 142 valence electrons. The van der Waals surface area contributed by atoms with Crippen molar-refractivity contribution in [2.24, 2.45) is 0 Å². The van der Waals surface area contributed by atoms with Crippen LogP contribution in [0.2, 0.25) is 5.02 Å². The predicted octanol–water partition coefficient (Wildman–Crippen LogP) is 3.99. The van der Waals surface area contributed by atoms with Crippen LogP contribution in [0.5, 0.6) is 0 Å². The molecule has 0 radical (unpaired) electrons. The molecule has 0 fully saturated rings. The summed E-state index contributed by atoms with van der Waals surface area (Å²) in [6, 6.07) is 8.83. The fourth-order valence-electron chi connectivity index (χ4n) is 3.02. The Morgan fingerprint density at radius 1 is 1.22 bits per heavy atom. The molecule has 1 amide bonds. The third-order valence-corrected chi connectivity index (χ3v) is 4.89.